The molecule has 0 saturated heterocycles. The molecule has 92 heavy (non-hydrogen) atoms. The number of hydrogen-bond acceptors (Lipinski definition) is 0. The van der Waals surface area contributed by atoms with Gasteiger partial charge in [-0.1, -0.05) is 276 Å². The van der Waals surface area contributed by atoms with Crippen molar-refractivity contribution < 1.29 is 0 Å². The Bertz CT molecular complexity index is 5250. The van der Waals surface area contributed by atoms with Gasteiger partial charge in [0.25, 0.3) is 0 Å². The molecule has 0 fully saturated rings. The molecule has 6 aliphatic rings. The summed E-state index contributed by atoms with van der Waals surface area (Å²) in [7, 11) is 0. The number of nitrogens with zero attached hydrogens (tertiary/aromatic N) is 4. The number of benzene rings is 4. The SMILES string of the molecule is C1=C=c2c(c3c4c5c(n6c7c(c(c8c9c(n2c83)C=C=C=C9)c46)=CC=C=C=7)C=C=C=C5)=CC=1.C1=C=c2c(c3c4c5ccccc5n5c6c(c(c7c8ccccc8n2c37)c45)=CC=C=C=6)=CC=1.CC.CC.CC.CC.CC.CC.CC.CC.CC.CC.CC.CC.CC.CC. The van der Waals surface area contributed by atoms with Crippen molar-refractivity contribution in [3.63, 3.8) is 0 Å². The van der Waals surface area contributed by atoms with E-state index in [2.05, 4.69) is 171 Å². The zero-order valence-corrected chi connectivity index (χ0v) is 61.3. The van der Waals surface area contributed by atoms with Crippen LogP contribution >= 0.6 is 0 Å². The van der Waals surface area contributed by atoms with Gasteiger partial charge in [-0.2, -0.15) is 0 Å². The van der Waals surface area contributed by atoms with E-state index < -0.39 is 0 Å². The van der Waals surface area contributed by atoms with Gasteiger partial charge < -0.3 is 17.6 Å². The number of hydrogen-bond donors (Lipinski definition) is 0. The van der Waals surface area contributed by atoms with Crippen LogP contribution in [0.25, 0.3) is 158 Å². The van der Waals surface area contributed by atoms with Gasteiger partial charge in [-0.25, -0.2) is 0 Å². The van der Waals surface area contributed by atoms with E-state index >= 15 is 0 Å². The third kappa shape index (κ3) is 11.9. The lowest BCUT2D eigenvalue weighted by Gasteiger charge is -2.03. The number of para-hydroxylation sites is 2. The van der Waals surface area contributed by atoms with E-state index in [9.17, 15) is 0 Å². The summed E-state index contributed by atoms with van der Waals surface area (Å²) in [4.78, 5) is 0. The zero-order chi connectivity index (χ0) is 69.1. The maximum Gasteiger partial charge on any atom is 0.105 e. The quantitative estimate of drug-likeness (QED) is 0.135. The first-order valence-corrected chi connectivity index (χ1v) is 35.3. The van der Waals surface area contributed by atoms with Crippen molar-refractivity contribution in [2.24, 2.45) is 0 Å². The van der Waals surface area contributed by atoms with Crippen molar-refractivity contribution in [3.05, 3.63) is 183 Å². The zero-order valence-electron chi connectivity index (χ0n) is 61.3. The Morgan fingerprint density at radius 1 is 0.239 bits per heavy atom. The minimum Gasteiger partial charge on any atom is -0.301 e. The highest BCUT2D eigenvalue weighted by molar-refractivity contribution is 6.37. The molecule has 0 saturated carbocycles. The van der Waals surface area contributed by atoms with Crippen LogP contribution in [-0.2, 0) is 0 Å². The molecule has 6 aliphatic carbocycles. The number of fused-ring (bicyclic) bond motifs is 28. The van der Waals surface area contributed by atoms with Crippen molar-refractivity contribution in [1.29, 1.82) is 0 Å². The molecule has 0 unspecified atom stereocenters. The molecular weight excluding hydrogens is 1110 g/mol. The van der Waals surface area contributed by atoms with Gasteiger partial charge in [0.05, 0.1) is 44.5 Å². The topological polar surface area (TPSA) is 17.6 Å². The van der Waals surface area contributed by atoms with Crippen LogP contribution in [0, 0.1) is 0 Å². The van der Waals surface area contributed by atoms with Gasteiger partial charge in [0.2, 0.25) is 0 Å². The molecule has 8 heterocycles. The molecule has 4 aromatic carbocycles. The van der Waals surface area contributed by atoms with Crippen LogP contribution in [0.15, 0.2) is 119 Å². The normalized spacial score (nSPS) is 11.0. The molecule has 0 radical (unpaired) electrons. The highest BCUT2D eigenvalue weighted by atomic mass is 15.0. The summed E-state index contributed by atoms with van der Waals surface area (Å²) in [6, 6.07) is 17.5. The van der Waals surface area contributed by atoms with Crippen LogP contribution in [0.3, 0.4) is 0 Å². The summed E-state index contributed by atoms with van der Waals surface area (Å²) in [6.45, 7) is 56.0. The van der Waals surface area contributed by atoms with Crippen LogP contribution in [-0.4, -0.2) is 17.6 Å². The fourth-order valence-corrected chi connectivity index (χ4v) is 12.2. The lowest BCUT2D eigenvalue weighted by atomic mass is 9.96. The van der Waals surface area contributed by atoms with E-state index in [4.69, 9.17) is 0 Å². The van der Waals surface area contributed by atoms with Crippen molar-refractivity contribution in [1.82, 2.24) is 17.6 Å². The van der Waals surface area contributed by atoms with Crippen LogP contribution in [0.4, 0.5) is 0 Å². The minimum atomic E-state index is 1.04. The molecule has 12 aromatic rings. The fourth-order valence-electron chi connectivity index (χ4n) is 12.2. The number of rotatable bonds is 0. The second-order valence-corrected chi connectivity index (χ2v) is 17.0. The van der Waals surface area contributed by atoms with Gasteiger partial charge in [0.15, 0.2) is 0 Å². The summed E-state index contributed by atoms with van der Waals surface area (Å²) >= 11 is 0. The van der Waals surface area contributed by atoms with Crippen LogP contribution in [0.1, 0.15) is 216 Å². The first-order valence-electron chi connectivity index (χ1n) is 35.3. The fraction of sp³-hybridized carbons (Fsp3) is 0.318. The summed E-state index contributed by atoms with van der Waals surface area (Å²) < 4.78 is 9.44. The Kier molecular flexibility index (Phi) is 31.2. The first kappa shape index (κ1) is 76.6. The van der Waals surface area contributed by atoms with E-state index in [0.29, 0.717) is 0 Å². The number of allylic oxidation sites excluding steroid dienone is 4. The van der Waals surface area contributed by atoms with E-state index in [-0.39, 0.29) is 0 Å². The largest absolute Gasteiger partial charge is 0.301 e. The highest BCUT2D eigenvalue weighted by Crippen LogP contribution is 2.44. The molecule has 8 aromatic heterocycles. The molecule has 4 nitrogen and oxygen atoms in total. The molecule has 0 bridgehead atoms. The average molecular weight is 1220 g/mol. The summed E-state index contributed by atoms with van der Waals surface area (Å²) in [5.74, 6) is 0. The summed E-state index contributed by atoms with van der Waals surface area (Å²) in [6.07, 6.45) is 24.7. The Morgan fingerprint density at radius 3 is 0.772 bits per heavy atom. The van der Waals surface area contributed by atoms with Gasteiger partial charge >= 0.3 is 0 Å². The molecular formula is C88H104N4. The monoisotopic (exact) mass is 1220 g/mol. The van der Waals surface area contributed by atoms with Crippen molar-refractivity contribution in [2.45, 2.75) is 194 Å². The lowest BCUT2D eigenvalue weighted by Crippen LogP contribution is -2.26. The van der Waals surface area contributed by atoms with Crippen LogP contribution in [0.2, 0.25) is 0 Å². The standard InChI is InChI=1S/C30H12N2.C30H8N2.14C2H6/c2*1-5-13-21-17(9-1)25-26-18-10-2-7-15-23(18)32-24-16-8-4-12-20(24)28(30(26)32)27-19-11-3-6-14-22(19)31(21)29(25)27;14*1-2/h1-5,8-13,16H;1,4,9-12,14-15H;14*1-2H3. The van der Waals surface area contributed by atoms with Crippen LogP contribution in [0.5, 0.6) is 0 Å². The second-order valence-electron chi connectivity index (χ2n) is 17.0. The van der Waals surface area contributed by atoms with Gasteiger partial charge in [0, 0.05) is 98.0 Å². The maximum atomic E-state index is 3.43. The molecule has 0 spiro atoms. The molecule has 0 aliphatic heterocycles. The average Bonchev–Trinajstić information content (AvgIpc) is 1.50. The molecule has 4 heteroatoms. The molecule has 476 valence electrons. The molecule has 0 N–H and O–H groups in total. The smallest absolute Gasteiger partial charge is 0.105 e. The van der Waals surface area contributed by atoms with Gasteiger partial charge in [-0.05, 0) is 95.8 Å². The van der Waals surface area contributed by atoms with E-state index in [1.807, 2.05) is 230 Å². The Labute approximate surface area is 550 Å². The summed E-state index contributed by atoms with van der Waals surface area (Å²) in [5.41, 5.74) is 51.1. The van der Waals surface area contributed by atoms with E-state index in [1.165, 1.54) is 119 Å². The Balaban J connectivity index is 0.000000350. The first-order chi connectivity index (χ1) is 45.9. The van der Waals surface area contributed by atoms with Crippen molar-refractivity contribution in [2.75, 3.05) is 0 Å². The van der Waals surface area contributed by atoms with E-state index in [1.54, 1.807) is 0 Å². The minimum absolute atomic E-state index is 1.04. The van der Waals surface area contributed by atoms with Gasteiger partial charge in [0.1, 0.15) is 21.4 Å². The molecule has 18 rings (SSSR count). The predicted octanol–water partition coefficient (Wildman–Crippen LogP) is 20.5. The maximum absolute atomic E-state index is 3.43. The second kappa shape index (κ2) is 37.5. The lowest BCUT2D eigenvalue weighted by molar-refractivity contribution is 1.14. The van der Waals surface area contributed by atoms with E-state index in [0.717, 1.165) is 32.8 Å². The summed E-state index contributed by atoms with van der Waals surface area (Å²) in [5, 5.41) is 21.9. The van der Waals surface area contributed by atoms with Crippen LogP contribution < -0.4 is 42.3 Å². The van der Waals surface area contributed by atoms with Crippen molar-refractivity contribution >= 4 is 158 Å². The van der Waals surface area contributed by atoms with Crippen molar-refractivity contribution in [3.8, 4) is 0 Å². The van der Waals surface area contributed by atoms with Gasteiger partial charge in [-0.15, -0.1) is 0 Å². The molecule has 0 atom stereocenters. The number of aromatic nitrogens is 4. The third-order valence-corrected chi connectivity index (χ3v) is 14.3. The van der Waals surface area contributed by atoms with Gasteiger partial charge in [-0.3, -0.25) is 0 Å². The predicted molar refractivity (Wildman–Crippen MR) is 418 cm³/mol. The Morgan fingerprint density at radius 2 is 0.478 bits per heavy atom. The third-order valence-electron chi connectivity index (χ3n) is 14.3. The Hall–Kier alpha value is -9.68. The molecule has 0 amide bonds. The highest BCUT2D eigenvalue weighted by Gasteiger charge is 2.31.